The number of carbonyl (C=O) groups excluding carboxylic acids is 1. The molecule has 7 heteroatoms. The molecule has 1 N–H and O–H groups in total. The zero-order valence-corrected chi connectivity index (χ0v) is 11.0. The Labute approximate surface area is 106 Å². The minimum atomic E-state index is -4.89. The van der Waals surface area contributed by atoms with Gasteiger partial charge in [0.05, 0.1) is 0 Å². The molecule has 3 nitrogen and oxygen atoms in total. The topological polar surface area (TPSA) is 38.3 Å². The van der Waals surface area contributed by atoms with Gasteiger partial charge in [0.15, 0.2) is 0 Å². The largest absolute Gasteiger partial charge is 0.480 e. The number of halogens is 3. The number of alkyl carbamates (subject to hydrolysis) is 1. The van der Waals surface area contributed by atoms with Crippen LogP contribution in [0.5, 0.6) is 0 Å². The third kappa shape index (κ3) is 7.45. The number of hydrogen-bond acceptors (Lipinski definition) is 2. The fraction of sp³-hybridized carbons (Fsp3) is 0.909. The maximum atomic E-state index is 12.4. The van der Waals surface area contributed by atoms with Crippen molar-refractivity contribution in [2.24, 2.45) is 5.92 Å². The Balaban J connectivity index is 2.46. The molecular weight excluding hydrogens is 246 g/mol. The maximum Gasteiger partial charge on any atom is 0.480 e. The van der Waals surface area contributed by atoms with E-state index in [0.29, 0.717) is 12.3 Å². The lowest BCUT2D eigenvalue weighted by atomic mass is 9.80. The molecule has 1 atom stereocenters. The van der Waals surface area contributed by atoms with Crippen LogP contribution in [0, 0.1) is 5.92 Å². The molecule has 1 saturated carbocycles. The van der Waals surface area contributed by atoms with E-state index in [1.807, 2.05) is 0 Å². The van der Waals surface area contributed by atoms with Gasteiger partial charge in [-0.3, -0.25) is 0 Å². The second-order valence-corrected chi connectivity index (χ2v) is 5.97. The third-order valence-corrected chi connectivity index (χ3v) is 2.59. The summed E-state index contributed by atoms with van der Waals surface area (Å²) in [4.78, 5) is 11.5. The standard InChI is InChI=1S/C11H20BF3NO2/c1-11(2,3)18-10(17)16-9(6-8-4-5-8)7-12(13,14)15/h8-9H,4-7H2,1-3H3,(H,16,17)/q-1. The molecule has 0 aliphatic heterocycles. The summed E-state index contributed by atoms with van der Waals surface area (Å²) in [5, 5.41) is 2.34. The lowest BCUT2D eigenvalue weighted by molar-refractivity contribution is 0.0504. The smallest absolute Gasteiger partial charge is 0.449 e. The van der Waals surface area contributed by atoms with Crippen molar-refractivity contribution in [1.82, 2.24) is 5.32 Å². The Morgan fingerprint density at radius 3 is 2.33 bits per heavy atom. The minimum absolute atomic E-state index is 0.322. The number of nitrogens with one attached hydrogen (secondary N) is 1. The Morgan fingerprint density at radius 1 is 1.39 bits per heavy atom. The summed E-state index contributed by atoms with van der Waals surface area (Å²) in [5.41, 5.74) is -0.697. The summed E-state index contributed by atoms with van der Waals surface area (Å²) in [7, 11) is 0. The lowest BCUT2D eigenvalue weighted by Crippen LogP contribution is -2.42. The molecule has 1 aliphatic carbocycles. The van der Waals surface area contributed by atoms with E-state index >= 15 is 0 Å². The molecule has 1 unspecified atom stereocenters. The van der Waals surface area contributed by atoms with E-state index in [0.717, 1.165) is 12.8 Å². The lowest BCUT2D eigenvalue weighted by Gasteiger charge is -2.26. The van der Waals surface area contributed by atoms with Crippen LogP contribution in [0.4, 0.5) is 17.7 Å². The van der Waals surface area contributed by atoms with Crippen LogP contribution < -0.4 is 5.32 Å². The third-order valence-electron chi connectivity index (χ3n) is 2.59. The van der Waals surface area contributed by atoms with Crippen molar-refractivity contribution in [3.8, 4) is 0 Å². The van der Waals surface area contributed by atoms with Gasteiger partial charge < -0.3 is 23.0 Å². The average molecular weight is 266 g/mol. The maximum absolute atomic E-state index is 12.4. The Hall–Kier alpha value is -0.875. The summed E-state index contributed by atoms with van der Waals surface area (Å²) in [6.07, 6.45) is 0.596. The molecular formula is C11H20BF3NO2-. The normalized spacial score (nSPS) is 18.3. The molecule has 0 radical (unpaired) electrons. The van der Waals surface area contributed by atoms with Crippen LogP contribution in [0.1, 0.15) is 40.0 Å². The summed E-state index contributed by atoms with van der Waals surface area (Å²) >= 11 is 0. The molecule has 1 aliphatic rings. The number of rotatable bonds is 5. The minimum Gasteiger partial charge on any atom is -0.449 e. The van der Waals surface area contributed by atoms with E-state index in [-0.39, 0.29) is 0 Å². The number of hydrogen-bond donors (Lipinski definition) is 1. The Bertz CT molecular complexity index is 298. The highest BCUT2D eigenvalue weighted by Gasteiger charge is 2.33. The van der Waals surface area contributed by atoms with E-state index in [1.54, 1.807) is 20.8 Å². The number of ether oxygens (including phenoxy) is 1. The van der Waals surface area contributed by atoms with E-state index in [4.69, 9.17) is 4.74 Å². The highest BCUT2D eigenvalue weighted by atomic mass is 19.4. The van der Waals surface area contributed by atoms with Crippen LogP contribution >= 0.6 is 0 Å². The average Bonchev–Trinajstić information content (AvgIpc) is 2.79. The predicted octanol–water partition coefficient (Wildman–Crippen LogP) is 3.53. The van der Waals surface area contributed by atoms with Crippen molar-refractivity contribution >= 4 is 13.1 Å². The van der Waals surface area contributed by atoms with Crippen LogP contribution in [-0.4, -0.2) is 24.7 Å². The van der Waals surface area contributed by atoms with E-state index in [9.17, 15) is 17.7 Å². The van der Waals surface area contributed by atoms with Gasteiger partial charge in [-0.15, -0.1) is 0 Å². The van der Waals surface area contributed by atoms with Crippen molar-refractivity contribution < 1.29 is 22.5 Å². The summed E-state index contributed by atoms with van der Waals surface area (Å²) in [6.45, 7) is 0.137. The van der Waals surface area contributed by atoms with Crippen molar-refractivity contribution in [2.45, 2.75) is 58.0 Å². The number of carbonyl (C=O) groups is 1. The van der Waals surface area contributed by atoms with Gasteiger partial charge in [0.1, 0.15) is 5.60 Å². The SMILES string of the molecule is CC(C)(C)OC(=O)NC(CC1CC1)C[B-](F)(F)F. The molecule has 0 aromatic carbocycles. The molecule has 1 amide bonds. The first kappa shape index (κ1) is 15.2. The molecule has 1 fully saturated rings. The van der Waals surface area contributed by atoms with Gasteiger partial charge >= 0.3 is 13.1 Å². The molecule has 0 aromatic heterocycles. The van der Waals surface area contributed by atoms with Gasteiger partial charge in [-0.1, -0.05) is 19.2 Å². The second-order valence-electron chi connectivity index (χ2n) is 5.97. The van der Waals surface area contributed by atoms with Crippen LogP contribution in [0.2, 0.25) is 6.32 Å². The molecule has 0 aromatic rings. The first-order valence-corrected chi connectivity index (χ1v) is 6.26. The van der Waals surface area contributed by atoms with Crippen molar-refractivity contribution in [3.05, 3.63) is 0 Å². The van der Waals surface area contributed by atoms with Crippen LogP contribution in [0.3, 0.4) is 0 Å². The monoisotopic (exact) mass is 266 g/mol. The highest BCUT2D eigenvalue weighted by Crippen LogP contribution is 2.35. The van der Waals surface area contributed by atoms with Gasteiger partial charge in [0, 0.05) is 6.04 Å². The van der Waals surface area contributed by atoms with Crippen molar-refractivity contribution in [2.75, 3.05) is 0 Å². The summed E-state index contributed by atoms with van der Waals surface area (Å²) in [6, 6.07) is -0.854. The Morgan fingerprint density at radius 2 is 1.94 bits per heavy atom. The summed E-state index contributed by atoms with van der Waals surface area (Å²) < 4.78 is 42.3. The quantitative estimate of drug-likeness (QED) is 0.773. The molecule has 0 spiro atoms. The summed E-state index contributed by atoms with van der Waals surface area (Å²) in [5.74, 6) is 0.322. The molecule has 0 bridgehead atoms. The second kappa shape index (κ2) is 5.40. The van der Waals surface area contributed by atoms with Gasteiger partial charge in [-0.25, -0.2) is 4.79 Å². The van der Waals surface area contributed by atoms with E-state index in [2.05, 4.69) is 5.32 Å². The molecule has 18 heavy (non-hydrogen) atoms. The fourth-order valence-electron chi connectivity index (χ4n) is 1.77. The molecule has 0 heterocycles. The Kier molecular flexibility index (Phi) is 4.56. The molecule has 106 valence electrons. The first-order chi connectivity index (χ1) is 8.05. The predicted molar refractivity (Wildman–Crippen MR) is 64.4 cm³/mol. The molecule has 1 rings (SSSR count). The highest BCUT2D eigenvalue weighted by molar-refractivity contribution is 6.58. The van der Waals surface area contributed by atoms with Crippen molar-refractivity contribution in [1.29, 1.82) is 0 Å². The van der Waals surface area contributed by atoms with E-state index < -0.39 is 31.0 Å². The van der Waals surface area contributed by atoms with Gasteiger partial charge in [0.25, 0.3) is 0 Å². The van der Waals surface area contributed by atoms with Gasteiger partial charge in [-0.05, 0) is 33.1 Å². The van der Waals surface area contributed by atoms with Gasteiger partial charge in [0.2, 0.25) is 0 Å². The first-order valence-electron chi connectivity index (χ1n) is 6.26. The zero-order chi connectivity index (χ0) is 14.0. The van der Waals surface area contributed by atoms with E-state index in [1.165, 1.54) is 0 Å². The van der Waals surface area contributed by atoms with Crippen LogP contribution in [0.25, 0.3) is 0 Å². The molecule has 0 saturated heterocycles. The van der Waals surface area contributed by atoms with Crippen molar-refractivity contribution in [3.63, 3.8) is 0 Å². The fourth-order valence-corrected chi connectivity index (χ4v) is 1.77. The van der Waals surface area contributed by atoms with Crippen LogP contribution in [0.15, 0.2) is 0 Å². The zero-order valence-electron chi connectivity index (χ0n) is 11.0. The number of amides is 1. The van der Waals surface area contributed by atoms with Crippen LogP contribution in [-0.2, 0) is 4.74 Å². The van der Waals surface area contributed by atoms with Gasteiger partial charge in [-0.2, -0.15) is 0 Å².